The fraction of sp³-hybridized carbons (Fsp3) is 0.462. The molecule has 1 aliphatic carbocycles. The Labute approximate surface area is 110 Å². The molecule has 3 N–H and O–H groups in total. The molecule has 90 valence electrons. The van der Waals surface area contributed by atoms with Gasteiger partial charge in [-0.25, -0.2) is 0 Å². The molecular weight excluding hydrogens is 278 g/mol. The zero-order valence-electron chi connectivity index (χ0n) is 9.83. The van der Waals surface area contributed by atoms with Crippen LogP contribution in [0.15, 0.2) is 22.7 Å². The molecule has 0 spiro atoms. The summed E-state index contributed by atoms with van der Waals surface area (Å²) in [6.07, 6.45) is 2.49. The van der Waals surface area contributed by atoms with Gasteiger partial charge in [-0.3, -0.25) is 0 Å². The fourth-order valence-corrected chi connectivity index (χ4v) is 2.51. The molecule has 1 aromatic rings. The quantitative estimate of drug-likeness (QED) is 0.897. The Hall–Kier alpha value is -1.05. The monoisotopic (exact) mass is 293 g/mol. The van der Waals surface area contributed by atoms with Gasteiger partial charge in [0.2, 0.25) is 0 Å². The minimum absolute atomic E-state index is 0.0450. The van der Waals surface area contributed by atoms with Gasteiger partial charge in [-0.05, 0) is 59.8 Å². The van der Waals surface area contributed by atoms with E-state index in [0.717, 1.165) is 10.2 Å². The van der Waals surface area contributed by atoms with E-state index in [1.165, 1.54) is 12.8 Å². The Bertz CT molecular complexity index is 462. The topological polar surface area (TPSA) is 61.8 Å². The van der Waals surface area contributed by atoms with Crippen molar-refractivity contribution in [2.75, 3.05) is 11.9 Å². The molecule has 1 fully saturated rings. The zero-order valence-corrected chi connectivity index (χ0v) is 11.4. The third-order valence-corrected chi connectivity index (χ3v) is 4.08. The fourth-order valence-electron chi connectivity index (χ4n) is 2.03. The van der Waals surface area contributed by atoms with E-state index in [2.05, 4.69) is 34.2 Å². The summed E-state index contributed by atoms with van der Waals surface area (Å²) >= 11 is 3.48. The molecule has 0 radical (unpaired) electrons. The molecule has 1 unspecified atom stereocenters. The highest BCUT2D eigenvalue weighted by molar-refractivity contribution is 9.10. The number of halogens is 1. The number of nitrogens with zero attached hydrogens (tertiary/aromatic N) is 1. The number of hydrogen-bond donors (Lipinski definition) is 2. The largest absolute Gasteiger partial charge is 0.377 e. The van der Waals surface area contributed by atoms with Crippen molar-refractivity contribution in [1.82, 2.24) is 0 Å². The minimum Gasteiger partial charge on any atom is -0.377 e. The molecule has 17 heavy (non-hydrogen) atoms. The number of nitriles is 1. The van der Waals surface area contributed by atoms with E-state index >= 15 is 0 Å². The molecule has 1 saturated carbocycles. The van der Waals surface area contributed by atoms with E-state index in [1.54, 1.807) is 0 Å². The average molecular weight is 294 g/mol. The molecule has 0 heterocycles. The van der Waals surface area contributed by atoms with Crippen molar-refractivity contribution in [2.45, 2.75) is 25.3 Å². The van der Waals surface area contributed by atoms with Crippen molar-refractivity contribution in [3.8, 4) is 6.07 Å². The molecule has 0 aliphatic heterocycles. The third kappa shape index (κ3) is 2.62. The van der Waals surface area contributed by atoms with Crippen molar-refractivity contribution in [1.29, 1.82) is 5.26 Å². The summed E-state index contributed by atoms with van der Waals surface area (Å²) in [4.78, 5) is 0. The first-order valence-electron chi connectivity index (χ1n) is 5.77. The maximum Gasteiger partial charge on any atom is 0.0992 e. The molecule has 3 nitrogen and oxygen atoms in total. The average Bonchev–Trinajstić information content (AvgIpc) is 3.16. The van der Waals surface area contributed by atoms with Crippen LogP contribution in [-0.4, -0.2) is 12.1 Å². The van der Waals surface area contributed by atoms with Gasteiger partial charge in [-0.2, -0.15) is 5.26 Å². The SMILES string of the molecule is CC(CN)(Nc1ccc(C#N)cc1Br)C1CC1. The molecule has 2 rings (SSSR count). The highest BCUT2D eigenvalue weighted by Gasteiger charge is 2.40. The van der Waals surface area contributed by atoms with E-state index in [1.807, 2.05) is 18.2 Å². The standard InChI is InChI=1S/C13H16BrN3/c1-13(8-16,10-3-4-10)17-12-5-2-9(7-15)6-11(12)14/h2,5-6,10,17H,3-4,8,16H2,1H3. The lowest BCUT2D eigenvalue weighted by atomic mass is 9.95. The Morgan fingerprint density at radius 2 is 2.29 bits per heavy atom. The van der Waals surface area contributed by atoms with Gasteiger partial charge in [-0.15, -0.1) is 0 Å². The molecule has 1 atom stereocenters. The molecule has 1 aromatic carbocycles. The van der Waals surface area contributed by atoms with Gasteiger partial charge in [0.15, 0.2) is 0 Å². The highest BCUT2D eigenvalue weighted by Crippen LogP contribution is 2.41. The van der Waals surface area contributed by atoms with Crippen LogP contribution in [0.25, 0.3) is 0 Å². The van der Waals surface area contributed by atoms with Crippen molar-refractivity contribution in [3.63, 3.8) is 0 Å². The molecule has 1 aliphatic rings. The zero-order chi connectivity index (χ0) is 12.5. The van der Waals surface area contributed by atoms with Gasteiger partial charge in [0.05, 0.1) is 11.6 Å². The van der Waals surface area contributed by atoms with E-state index < -0.39 is 0 Å². The summed E-state index contributed by atoms with van der Waals surface area (Å²) in [6.45, 7) is 2.78. The first-order chi connectivity index (χ1) is 8.09. The number of hydrogen-bond acceptors (Lipinski definition) is 3. The maximum absolute atomic E-state index is 8.82. The van der Waals surface area contributed by atoms with Crippen LogP contribution >= 0.6 is 15.9 Å². The first kappa shape index (κ1) is 12.4. The van der Waals surface area contributed by atoms with Crippen molar-refractivity contribution in [2.24, 2.45) is 11.7 Å². The minimum atomic E-state index is -0.0450. The van der Waals surface area contributed by atoms with E-state index in [0.29, 0.717) is 18.0 Å². The van der Waals surface area contributed by atoms with Crippen LogP contribution in [0.4, 0.5) is 5.69 Å². The Kier molecular flexibility index (Phi) is 3.41. The van der Waals surface area contributed by atoms with E-state index in [-0.39, 0.29) is 5.54 Å². The lowest BCUT2D eigenvalue weighted by molar-refractivity contribution is 0.459. The summed E-state index contributed by atoms with van der Waals surface area (Å²) in [7, 11) is 0. The van der Waals surface area contributed by atoms with Crippen molar-refractivity contribution >= 4 is 21.6 Å². The number of rotatable bonds is 4. The molecule has 0 aromatic heterocycles. The van der Waals surface area contributed by atoms with Crippen LogP contribution in [0.1, 0.15) is 25.3 Å². The summed E-state index contributed by atoms with van der Waals surface area (Å²) in [6, 6.07) is 7.70. The van der Waals surface area contributed by atoms with Crippen LogP contribution < -0.4 is 11.1 Å². The number of benzene rings is 1. The summed E-state index contributed by atoms with van der Waals surface area (Å²) in [5.74, 6) is 0.662. The second kappa shape index (κ2) is 4.67. The normalized spacial score (nSPS) is 18.2. The Morgan fingerprint density at radius 1 is 1.59 bits per heavy atom. The van der Waals surface area contributed by atoms with Gasteiger partial charge < -0.3 is 11.1 Å². The van der Waals surface area contributed by atoms with Crippen LogP contribution in [0.3, 0.4) is 0 Å². The third-order valence-electron chi connectivity index (χ3n) is 3.42. The summed E-state index contributed by atoms with van der Waals surface area (Å²) in [5, 5.41) is 12.3. The van der Waals surface area contributed by atoms with Gasteiger partial charge in [0.1, 0.15) is 0 Å². The van der Waals surface area contributed by atoms with Crippen LogP contribution in [0, 0.1) is 17.2 Å². The summed E-state index contributed by atoms with van der Waals surface area (Å²) in [5.41, 5.74) is 7.49. The number of nitrogens with one attached hydrogen (secondary N) is 1. The number of nitrogens with two attached hydrogens (primary N) is 1. The van der Waals surface area contributed by atoms with Gasteiger partial charge in [0.25, 0.3) is 0 Å². The molecule has 4 heteroatoms. The molecule has 0 amide bonds. The van der Waals surface area contributed by atoms with Crippen LogP contribution in [-0.2, 0) is 0 Å². The Morgan fingerprint density at radius 3 is 2.76 bits per heavy atom. The molecule has 0 saturated heterocycles. The molecule has 0 bridgehead atoms. The van der Waals surface area contributed by atoms with E-state index in [4.69, 9.17) is 11.0 Å². The van der Waals surface area contributed by atoms with Crippen molar-refractivity contribution < 1.29 is 0 Å². The van der Waals surface area contributed by atoms with Crippen molar-refractivity contribution in [3.05, 3.63) is 28.2 Å². The predicted octanol–water partition coefficient (Wildman–Crippen LogP) is 2.86. The smallest absolute Gasteiger partial charge is 0.0992 e. The lowest BCUT2D eigenvalue weighted by Crippen LogP contribution is -2.44. The van der Waals surface area contributed by atoms with Gasteiger partial charge in [-0.1, -0.05) is 0 Å². The second-order valence-electron chi connectivity index (χ2n) is 4.83. The van der Waals surface area contributed by atoms with Crippen LogP contribution in [0.2, 0.25) is 0 Å². The first-order valence-corrected chi connectivity index (χ1v) is 6.56. The van der Waals surface area contributed by atoms with Gasteiger partial charge >= 0.3 is 0 Å². The van der Waals surface area contributed by atoms with Gasteiger partial charge in [0, 0.05) is 22.2 Å². The second-order valence-corrected chi connectivity index (χ2v) is 5.68. The number of anilines is 1. The predicted molar refractivity (Wildman–Crippen MR) is 72.7 cm³/mol. The molecular formula is C13H16BrN3. The lowest BCUT2D eigenvalue weighted by Gasteiger charge is -2.31. The van der Waals surface area contributed by atoms with E-state index in [9.17, 15) is 0 Å². The highest BCUT2D eigenvalue weighted by atomic mass is 79.9. The van der Waals surface area contributed by atoms with Crippen LogP contribution in [0.5, 0.6) is 0 Å². The Balaban J connectivity index is 2.21. The maximum atomic E-state index is 8.82. The summed E-state index contributed by atoms with van der Waals surface area (Å²) < 4.78 is 0.914.